The van der Waals surface area contributed by atoms with Crippen molar-refractivity contribution in [2.45, 2.75) is 0 Å². The molecule has 0 saturated heterocycles. The van der Waals surface area contributed by atoms with Crippen molar-refractivity contribution < 1.29 is 4.39 Å². The smallest absolute Gasteiger partial charge is 0.149 e. The van der Waals surface area contributed by atoms with Crippen molar-refractivity contribution in [2.24, 2.45) is 0 Å². The van der Waals surface area contributed by atoms with Gasteiger partial charge in [-0.05, 0) is 46.3 Å². The number of rotatable bonds is 2. The average molecular weight is 304 g/mol. The largest absolute Gasteiger partial charge is 0.300 e. The van der Waals surface area contributed by atoms with E-state index in [1.807, 2.05) is 6.07 Å². The van der Waals surface area contributed by atoms with Crippen LogP contribution in [0.15, 0.2) is 41.0 Å². The summed E-state index contributed by atoms with van der Waals surface area (Å²) in [6.07, 6.45) is 1.50. The van der Waals surface area contributed by atoms with Gasteiger partial charge in [0.25, 0.3) is 0 Å². The monoisotopic (exact) mass is 303 g/mol. The zero-order valence-corrected chi connectivity index (χ0v) is 10.7. The van der Waals surface area contributed by atoms with Gasteiger partial charge in [-0.3, -0.25) is 5.41 Å². The van der Waals surface area contributed by atoms with E-state index >= 15 is 0 Å². The van der Waals surface area contributed by atoms with Crippen LogP contribution in [0.3, 0.4) is 0 Å². The second-order valence-corrected chi connectivity index (χ2v) is 4.37. The van der Waals surface area contributed by atoms with Gasteiger partial charge in [0, 0.05) is 17.3 Å². The van der Waals surface area contributed by atoms with Crippen LogP contribution in [-0.2, 0) is 0 Å². The van der Waals surface area contributed by atoms with Crippen molar-refractivity contribution in [3.8, 4) is 6.07 Å². The Morgan fingerprint density at radius 3 is 2.83 bits per heavy atom. The number of aromatic nitrogens is 1. The lowest BCUT2D eigenvalue weighted by Gasteiger charge is -2.06. The van der Waals surface area contributed by atoms with E-state index in [0.717, 1.165) is 0 Å². The Morgan fingerprint density at radius 1 is 1.39 bits per heavy atom. The number of benzene rings is 1. The quantitative estimate of drug-likeness (QED) is 0.866. The van der Waals surface area contributed by atoms with Crippen LogP contribution in [0.4, 0.5) is 4.39 Å². The van der Waals surface area contributed by atoms with E-state index in [0.29, 0.717) is 11.1 Å². The van der Waals surface area contributed by atoms with E-state index in [9.17, 15) is 4.39 Å². The summed E-state index contributed by atoms with van der Waals surface area (Å²) in [6, 6.07) is 9.51. The average Bonchev–Trinajstić information content (AvgIpc) is 2.41. The molecule has 1 heterocycles. The van der Waals surface area contributed by atoms with E-state index in [-0.39, 0.29) is 15.9 Å². The van der Waals surface area contributed by atoms with Crippen LogP contribution in [0.25, 0.3) is 0 Å². The van der Waals surface area contributed by atoms with Crippen LogP contribution in [0.5, 0.6) is 0 Å². The number of pyridine rings is 1. The maximum Gasteiger partial charge on any atom is 0.149 e. The summed E-state index contributed by atoms with van der Waals surface area (Å²) in [5.41, 5.74) is 1.27. The number of nitrogens with zero attached hydrogens (tertiary/aromatic N) is 2. The fourth-order valence-corrected chi connectivity index (χ4v) is 1.88. The van der Waals surface area contributed by atoms with Crippen molar-refractivity contribution in [3.63, 3.8) is 0 Å². The predicted molar refractivity (Wildman–Crippen MR) is 69.0 cm³/mol. The Morgan fingerprint density at radius 2 is 2.17 bits per heavy atom. The maximum absolute atomic E-state index is 13.1. The molecule has 0 aliphatic heterocycles. The molecule has 5 heteroatoms. The molecule has 88 valence electrons. The first-order valence-electron chi connectivity index (χ1n) is 5.03. The minimum absolute atomic E-state index is 0.139. The normalized spacial score (nSPS) is 9.83. The minimum atomic E-state index is -0.391. The molecule has 0 aliphatic carbocycles. The molecular formula is C13H7BrFN3. The highest BCUT2D eigenvalue weighted by Gasteiger charge is 2.11. The fourth-order valence-electron chi connectivity index (χ4n) is 1.50. The van der Waals surface area contributed by atoms with E-state index in [1.54, 1.807) is 12.1 Å². The van der Waals surface area contributed by atoms with Crippen LogP contribution in [0.2, 0.25) is 0 Å². The SMILES string of the molecule is N#Cc1ncccc1C(=N)c1ccc(F)c(Br)c1. The van der Waals surface area contributed by atoms with Gasteiger partial charge in [-0.2, -0.15) is 5.26 Å². The third-order valence-corrected chi connectivity index (χ3v) is 3.00. The lowest BCUT2D eigenvalue weighted by atomic mass is 10.0. The van der Waals surface area contributed by atoms with Gasteiger partial charge in [0.15, 0.2) is 0 Å². The molecule has 0 radical (unpaired) electrons. The van der Waals surface area contributed by atoms with Crippen LogP contribution in [-0.4, -0.2) is 10.7 Å². The van der Waals surface area contributed by atoms with Crippen LogP contribution in [0, 0.1) is 22.6 Å². The molecule has 0 amide bonds. The van der Waals surface area contributed by atoms with Crippen molar-refractivity contribution >= 4 is 21.6 Å². The van der Waals surface area contributed by atoms with Crippen LogP contribution in [0.1, 0.15) is 16.8 Å². The molecule has 0 bridgehead atoms. The van der Waals surface area contributed by atoms with Gasteiger partial charge >= 0.3 is 0 Å². The van der Waals surface area contributed by atoms with Crippen molar-refractivity contribution in [2.75, 3.05) is 0 Å². The standard InChI is InChI=1S/C13H7BrFN3/c14-10-6-8(3-4-11(10)15)13(17)9-2-1-5-18-12(9)7-16/h1-6,17H. The predicted octanol–water partition coefficient (Wildman–Crippen LogP) is 3.27. The van der Waals surface area contributed by atoms with E-state index in [1.165, 1.54) is 24.4 Å². The second kappa shape index (κ2) is 5.07. The summed E-state index contributed by atoms with van der Waals surface area (Å²) in [5, 5.41) is 17.0. The number of hydrogen-bond acceptors (Lipinski definition) is 3. The molecule has 1 aromatic carbocycles. The molecular weight excluding hydrogens is 297 g/mol. The summed E-state index contributed by atoms with van der Waals surface area (Å²) in [7, 11) is 0. The Bertz CT molecular complexity index is 662. The van der Waals surface area contributed by atoms with Crippen molar-refractivity contribution in [1.82, 2.24) is 4.98 Å². The highest BCUT2D eigenvalue weighted by Crippen LogP contribution is 2.19. The van der Waals surface area contributed by atoms with Gasteiger partial charge in [0.2, 0.25) is 0 Å². The first kappa shape index (κ1) is 12.4. The summed E-state index contributed by atoms with van der Waals surface area (Å²) in [5.74, 6) is -0.391. The third-order valence-electron chi connectivity index (χ3n) is 2.39. The number of hydrogen-bond donors (Lipinski definition) is 1. The maximum atomic E-state index is 13.1. The van der Waals surface area contributed by atoms with Crippen LogP contribution >= 0.6 is 15.9 Å². The van der Waals surface area contributed by atoms with E-state index in [4.69, 9.17) is 10.7 Å². The second-order valence-electron chi connectivity index (χ2n) is 3.52. The number of nitrogens with one attached hydrogen (secondary N) is 1. The zero-order valence-electron chi connectivity index (χ0n) is 9.11. The summed E-state index contributed by atoms with van der Waals surface area (Å²) < 4.78 is 13.4. The lowest BCUT2D eigenvalue weighted by Crippen LogP contribution is -2.05. The Balaban J connectivity index is 2.49. The summed E-state index contributed by atoms with van der Waals surface area (Å²) in [6.45, 7) is 0. The Hall–Kier alpha value is -2.06. The zero-order chi connectivity index (χ0) is 13.1. The topological polar surface area (TPSA) is 60.5 Å². The summed E-state index contributed by atoms with van der Waals surface area (Å²) in [4.78, 5) is 3.90. The lowest BCUT2D eigenvalue weighted by molar-refractivity contribution is 0.621. The fraction of sp³-hybridized carbons (Fsp3) is 0. The highest BCUT2D eigenvalue weighted by atomic mass is 79.9. The Labute approximate surface area is 112 Å². The Kier molecular flexibility index (Phi) is 3.49. The van der Waals surface area contributed by atoms with Gasteiger partial charge in [-0.25, -0.2) is 9.37 Å². The van der Waals surface area contributed by atoms with Gasteiger partial charge in [-0.1, -0.05) is 0 Å². The van der Waals surface area contributed by atoms with Crippen molar-refractivity contribution in [3.05, 3.63) is 63.6 Å². The highest BCUT2D eigenvalue weighted by molar-refractivity contribution is 9.10. The summed E-state index contributed by atoms with van der Waals surface area (Å²) >= 11 is 3.07. The molecule has 0 aliphatic rings. The number of nitriles is 1. The molecule has 0 atom stereocenters. The number of halogens is 2. The molecule has 0 unspecified atom stereocenters. The van der Waals surface area contributed by atoms with Gasteiger partial charge in [0.05, 0.1) is 10.2 Å². The molecule has 3 nitrogen and oxygen atoms in total. The third kappa shape index (κ3) is 2.29. The first-order chi connectivity index (χ1) is 8.63. The molecule has 2 aromatic rings. The molecule has 0 spiro atoms. The molecule has 1 N–H and O–H groups in total. The van der Waals surface area contributed by atoms with E-state index in [2.05, 4.69) is 20.9 Å². The molecule has 1 aromatic heterocycles. The minimum Gasteiger partial charge on any atom is -0.300 e. The molecule has 0 saturated carbocycles. The van der Waals surface area contributed by atoms with Crippen LogP contribution < -0.4 is 0 Å². The van der Waals surface area contributed by atoms with Gasteiger partial charge in [-0.15, -0.1) is 0 Å². The van der Waals surface area contributed by atoms with Gasteiger partial charge < -0.3 is 0 Å². The first-order valence-corrected chi connectivity index (χ1v) is 5.82. The molecule has 0 fully saturated rings. The molecule has 2 rings (SSSR count). The van der Waals surface area contributed by atoms with Gasteiger partial charge in [0.1, 0.15) is 17.6 Å². The van der Waals surface area contributed by atoms with Crippen molar-refractivity contribution in [1.29, 1.82) is 10.7 Å². The van der Waals surface area contributed by atoms with E-state index < -0.39 is 5.82 Å². The molecule has 18 heavy (non-hydrogen) atoms.